The molecule has 1 aliphatic heterocycles. The fraction of sp³-hybridized carbons (Fsp3) is 1.00. The molecular formula is C10H21ClN2O2S. The summed E-state index contributed by atoms with van der Waals surface area (Å²) >= 11 is 5.73. The number of hydrogen-bond donors (Lipinski definition) is 1. The lowest BCUT2D eigenvalue weighted by Crippen LogP contribution is -2.54. The van der Waals surface area contributed by atoms with E-state index in [-0.39, 0.29) is 11.9 Å². The van der Waals surface area contributed by atoms with Gasteiger partial charge in [-0.1, -0.05) is 6.42 Å². The Morgan fingerprint density at radius 3 is 2.56 bits per heavy atom. The smallest absolute Gasteiger partial charge is 0.195 e. The molecular weight excluding hydrogens is 248 g/mol. The van der Waals surface area contributed by atoms with Crippen molar-refractivity contribution in [3.05, 3.63) is 0 Å². The van der Waals surface area contributed by atoms with E-state index in [0.29, 0.717) is 6.54 Å². The Morgan fingerprint density at radius 2 is 2.06 bits per heavy atom. The van der Waals surface area contributed by atoms with Crippen LogP contribution in [0, 0.1) is 0 Å². The van der Waals surface area contributed by atoms with Gasteiger partial charge in [0.25, 0.3) is 10.2 Å². The molecule has 96 valence electrons. The van der Waals surface area contributed by atoms with Crippen LogP contribution in [0.3, 0.4) is 0 Å². The van der Waals surface area contributed by atoms with Crippen molar-refractivity contribution in [2.45, 2.75) is 51.6 Å². The summed E-state index contributed by atoms with van der Waals surface area (Å²) in [5.41, 5.74) is -0.600. The number of alkyl halides is 1. The molecule has 4 nitrogen and oxygen atoms in total. The van der Waals surface area contributed by atoms with Crippen LogP contribution >= 0.6 is 11.6 Å². The Bertz CT molecular complexity index is 330. The maximum Gasteiger partial charge on any atom is 0.280 e. The van der Waals surface area contributed by atoms with Crippen LogP contribution in [0.2, 0.25) is 0 Å². The predicted octanol–water partition coefficient (Wildman–Crippen LogP) is 1.71. The number of halogens is 1. The second kappa shape index (κ2) is 5.21. The molecule has 0 aromatic heterocycles. The summed E-state index contributed by atoms with van der Waals surface area (Å²) in [7, 11) is -3.40. The number of piperidine rings is 1. The average Bonchev–Trinajstić information content (AvgIpc) is 2.16. The largest absolute Gasteiger partial charge is 0.280 e. The highest BCUT2D eigenvalue weighted by Crippen LogP contribution is 2.20. The highest BCUT2D eigenvalue weighted by molar-refractivity contribution is 7.87. The molecule has 0 aromatic carbocycles. The molecule has 0 aliphatic carbocycles. The van der Waals surface area contributed by atoms with Crippen molar-refractivity contribution in [1.29, 1.82) is 0 Å². The average molecular weight is 269 g/mol. The van der Waals surface area contributed by atoms with E-state index < -0.39 is 15.7 Å². The number of nitrogens with one attached hydrogen (secondary N) is 1. The van der Waals surface area contributed by atoms with Gasteiger partial charge < -0.3 is 0 Å². The molecule has 1 unspecified atom stereocenters. The summed E-state index contributed by atoms with van der Waals surface area (Å²) in [6, 6.07) is 0.0809. The number of nitrogens with zero attached hydrogens (tertiary/aromatic N) is 1. The summed E-state index contributed by atoms with van der Waals surface area (Å²) in [4.78, 5) is 0. The van der Waals surface area contributed by atoms with Crippen LogP contribution in [0.4, 0.5) is 0 Å². The van der Waals surface area contributed by atoms with Gasteiger partial charge in [0.1, 0.15) is 0 Å². The number of rotatable bonds is 4. The van der Waals surface area contributed by atoms with Gasteiger partial charge in [0.2, 0.25) is 0 Å². The van der Waals surface area contributed by atoms with Crippen LogP contribution < -0.4 is 4.72 Å². The van der Waals surface area contributed by atoms with Gasteiger partial charge in [-0.15, -0.1) is 11.6 Å². The topological polar surface area (TPSA) is 49.4 Å². The van der Waals surface area contributed by atoms with Gasteiger partial charge in [-0.3, -0.25) is 0 Å². The Morgan fingerprint density at radius 1 is 1.44 bits per heavy atom. The van der Waals surface area contributed by atoms with Crippen LogP contribution in [-0.2, 0) is 10.2 Å². The van der Waals surface area contributed by atoms with Crippen LogP contribution in [0.15, 0.2) is 0 Å². The van der Waals surface area contributed by atoms with Crippen molar-refractivity contribution in [3.8, 4) is 0 Å². The van der Waals surface area contributed by atoms with Crippen LogP contribution in [0.25, 0.3) is 0 Å². The van der Waals surface area contributed by atoms with Crippen molar-refractivity contribution in [3.63, 3.8) is 0 Å². The second-order valence-corrected chi connectivity index (χ2v) is 6.97. The summed E-state index contributed by atoms with van der Waals surface area (Å²) in [5.74, 6) is 0.258. The van der Waals surface area contributed by atoms with Gasteiger partial charge in [-0.25, -0.2) is 0 Å². The Balaban J connectivity index is 2.77. The molecule has 0 spiro atoms. The third-order valence-corrected chi connectivity index (χ3v) is 5.43. The van der Waals surface area contributed by atoms with E-state index in [4.69, 9.17) is 11.6 Å². The van der Waals surface area contributed by atoms with Crippen molar-refractivity contribution in [2.24, 2.45) is 0 Å². The highest BCUT2D eigenvalue weighted by atomic mass is 35.5. The minimum Gasteiger partial charge on any atom is -0.195 e. The molecule has 0 amide bonds. The minimum atomic E-state index is -3.40. The van der Waals surface area contributed by atoms with Crippen LogP contribution in [0.5, 0.6) is 0 Å². The van der Waals surface area contributed by atoms with E-state index in [0.717, 1.165) is 19.3 Å². The fourth-order valence-electron chi connectivity index (χ4n) is 1.86. The molecule has 1 N–H and O–H groups in total. The molecule has 1 heterocycles. The molecule has 1 rings (SSSR count). The van der Waals surface area contributed by atoms with E-state index in [9.17, 15) is 8.42 Å². The quantitative estimate of drug-likeness (QED) is 0.790. The molecule has 0 aromatic rings. The highest BCUT2D eigenvalue weighted by Gasteiger charge is 2.33. The maximum absolute atomic E-state index is 12.1. The third-order valence-electron chi connectivity index (χ3n) is 2.79. The lowest BCUT2D eigenvalue weighted by Gasteiger charge is -2.35. The van der Waals surface area contributed by atoms with Gasteiger partial charge in [-0.05, 0) is 33.6 Å². The normalized spacial score (nSPS) is 24.6. The summed E-state index contributed by atoms with van der Waals surface area (Å²) in [5, 5.41) is 0. The first-order valence-electron chi connectivity index (χ1n) is 5.65. The SMILES string of the molecule is CC1CCCCN1S(=O)(=O)NC(C)(C)CCl. The monoisotopic (exact) mass is 268 g/mol. The second-order valence-electron chi connectivity index (χ2n) is 5.08. The van der Waals surface area contributed by atoms with Gasteiger partial charge in [0, 0.05) is 24.0 Å². The zero-order chi connectivity index (χ0) is 12.4. The summed E-state index contributed by atoms with van der Waals surface area (Å²) in [6.45, 7) is 6.12. The first-order chi connectivity index (χ1) is 7.28. The van der Waals surface area contributed by atoms with Gasteiger partial charge >= 0.3 is 0 Å². The third kappa shape index (κ3) is 3.58. The van der Waals surface area contributed by atoms with Crippen LogP contribution in [0.1, 0.15) is 40.0 Å². The van der Waals surface area contributed by atoms with Crippen molar-refractivity contribution >= 4 is 21.8 Å². The van der Waals surface area contributed by atoms with Crippen LogP contribution in [-0.4, -0.2) is 36.7 Å². The Kier molecular flexibility index (Phi) is 4.63. The summed E-state index contributed by atoms with van der Waals surface area (Å²) in [6.07, 6.45) is 2.97. The predicted molar refractivity (Wildman–Crippen MR) is 66.9 cm³/mol. The Hall–Kier alpha value is 0.160. The molecule has 1 atom stereocenters. The zero-order valence-electron chi connectivity index (χ0n) is 10.2. The lowest BCUT2D eigenvalue weighted by molar-refractivity contribution is 0.261. The lowest BCUT2D eigenvalue weighted by atomic mass is 10.1. The first kappa shape index (κ1) is 14.2. The Labute approximate surface area is 104 Å². The van der Waals surface area contributed by atoms with Crippen molar-refractivity contribution in [2.75, 3.05) is 12.4 Å². The molecule has 6 heteroatoms. The fourth-order valence-corrected chi connectivity index (χ4v) is 3.85. The molecule has 0 radical (unpaired) electrons. The molecule has 0 saturated carbocycles. The van der Waals surface area contributed by atoms with Gasteiger partial charge in [0.05, 0.1) is 0 Å². The minimum absolute atomic E-state index is 0.0809. The van der Waals surface area contributed by atoms with Crippen molar-refractivity contribution < 1.29 is 8.42 Å². The first-order valence-corrected chi connectivity index (χ1v) is 7.63. The molecule has 16 heavy (non-hydrogen) atoms. The number of hydrogen-bond acceptors (Lipinski definition) is 2. The molecule has 0 bridgehead atoms. The zero-order valence-corrected chi connectivity index (χ0v) is 11.7. The van der Waals surface area contributed by atoms with E-state index >= 15 is 0 Å². The van der Waals surface area contributed by atoms with Crippen molar-refractivity contribution in [1.82, 2.24) is 9.03 Å². The molecule has 1 fully saturated rings. The molecule has 1 saturated heterocycles. The summed E-state index contributed by atoms with van der Waals surface area (Å²) < 4.78 is 28.4. The van der Waals surface area contributed by atoms with E-state index in [2.05, 4.69) is 4.72 Å². The van der Waals surface area contributed by atoms with E-state index in [1.807, 2.05) is 6.92 Å². The van der Waals surface area contributed by atoms with Gasteiger partial charge in [0.15, 0.2) is 0 Å². The standard InChI is InChI=1S/C10H21ClN2O2S/c1-9-6-4-5-7-13(9)16(14,15)12-10(2,3)8-11/h9,12H,4-8H2,1-3H3. The van der Waals surface area contributed by atoms with Gasteiger partial charge in [-0.2, -0.15) is 17.4 Å². The molecule has 1 aliphatic rings. The maximum atomic E-state index is 12.1. The van der Waals surface area contributed by atoms with E-state index in [1.54, 1.807) is 18.2 Å². The van der Waals surface area contributed by atoms with E-state index in [1.165, 1.54) is 0 Å².